The molecule has 0 saturated heterocycles. The maximum Gasteiger partial charge on any atom is 0.166 e. The summed E-state index contributed by atoms with van der Waals surface area (Å²) in [6, 6.07) is 16.0. The van der Waals surface area contributed by atoms with Crippen molar-refractivity contribution in [3.63, 3.8) is 0 Å². The molecule has 196 valence electrons. The first-order valence-electron chi connectivity index (χ1n) is 13.6. The van der Waals surface area contributed by atoms with E-state index in [0.29, 0.717) is 46.9 Å². The molecule has 0 radical (unpaired) electrons. The second-order valence-electron chi connectivity index (χ2n) is 10.2. The lowest BCUT2D eigenvalue weighted by molar-refractivity contribution is 0.303. The van der Waals surface area contributed by atoms with Crippen LogP contribution in [0, 0.1) is 30.3 Å². The minimum Gasteiger partial charge on any atom is -0.493 e. The number of hydrogen-bond acceptors (Lipinski definition) is 1. The van der Waals surface area contributed by atoms with Crippen molar-refractivity contribution < 1.29 is 17.9 Å². The molecule has 0 heterocycles. The maximum absolute atomic E-state index is 14.8. The van der Waals surface area contributed by atoms with Gasteiger partial charge in [-0.05, 0) is 80.2 Å². The van der Waals surface area contributed by atoms with Gasteiger partial charge in [0.05, 0.1) is 6.61 Å². The summed E-state index contributed by atoms with van der Waals surface area (Å²) in [5.74, 6) is -0.829. The van der Waals surface area contributed by atoms with Gasteiger partial charge in [-0.1, -0.05) is 74.2 Å². The molecular formula is C33H37F3O. The number of hydrogen-bond donors (Lipinski definition) is 0. The topological polar surface area (TPSA) is 9.23 Å². The number of halogens is 3. The summed E-state index contributed by atoms with van der Waals surface area (Å²) in [6.07, 6.45) is 10.4. The van der Waals surface area contributed by atoms with Crippen molar-refractivity contribution in [2.24, 2.45) is 5.92 Å². The van der Waals surface area contributed by atoms with Crippen molar-refractivity contribution in [1.29, 1.82) is 0 Å². The lowest BCUT2D eigenvalue weighted by Gasteiger charge is -2.23. The van der Waals surface area contributed by atoms with E-state index in [2.05, 4.69) is 13.0 Å². The molecule has 0 spiro atoms. The van der Waals surface area contributed by atoms with Gasteiger partial charge in [-0.3, -0.25) is 0 Å². The first kappa shape index (κ1) is 27.0. The molecule has 0 bridgehead atoms. The molecule has 3 aromatic rings. The average Bonchev–Trinajstić information content (AvgIpc) is 2.91. The smallest absolute Gasteiger partial charge is 0.166 e. The Bertz CT molecular complexity index is 1210. The van der Waals surface area contributed by atoms with E-state index < -0.39 is 11.6 Å². The Hall–Kier alpha value is -3.01. The van der Waals surface area contributed by atoms with Crippen LogP contribution < -0.4 is 4.74 Å². The number of ether oxygens (including phenoxy) is 1. The molecule has 4 rings (SSSR count). The Morgan fingerprint density at radius 2 is 1.65 bits per heavy atom. The van der Waals surface area contributed by atoms with E-state index in [-0.39, 0.29) is 5.82 Å². The molecule has 3 aromatic carbocycles. The summed E-state index contributed by atoms with van der Waals surface area (Å²) >= 11 is 0. The maximum atomic E-state index is 14.8. The Labute approximate surface area is 219 Å². The fourth-order valence-corrected chi connectivity index (χ4v) is 5.06. The van der Waals surface area contributed by atoms with Crippen LogP contribution in [0.25, 0.3) is 16.7 Å². The Morgan fingerprint density at radius 1 is 0.865 bits per heavy atom. The summed E-state index contributed by atoms with van der Waals surface area (Å²) in [5, 5.41) is 0. The van der Waals surface area contributed by atoms with Crippen molar-refractivity contribution in [2.45, 2.75) is 71.6 Å². The molecule has 37 heavy (non-hydrogen) atoms. The van der Waals surface area contributed by atoms with Crippen LogP contribution in [0.4, 0.5) is 13.2 Å². The summed E-state index contributed by atoms with van der Waals surface area (Å²) < 4.78 is 50.1. The Morgan fingerprint density at radius 3 is 2.35 bits per heavy atom. The van der Waals surface area contributed by atoms with Gasteiger partial charge in [-0.15, -0.1) is 0 Å². The van der Waals surface area contributed by atoms with Crippen molar-refractivity contribution in [3.8, 4) is 16.9 Å². The molecule has 0 aliphatic heterocycles. The summed E-state index contributed by atoms with van der Waals surface area (Å²) in [6.45, 7) is 4.75. The highest BCUT2D eigenvalue weighted by Crippen LogP contribution is 2.35. The highest BCUT2D eigenvalue weighted by molar-refractivity contribution is 5.67. The van der Waals surface area contributed by atoms with Crippen molar-refractivity contribution in [3.05, 3.63) is 94.8 Å². The Balaban J connectivity index is 1.31. The van der Waals surface area contributed by atoms with Crippen LogP contribution in [0.15, 0.2) is 60.7 Å². The minimum absolute atomic E-state index is 0.248. The van der Waals surface area contributed by atoms with Crippen molar-refractivity contribution in [1.82, 2.24) is 0 Å². The van der Waals surface area contributed by atoms with Gasteiger partial charge in [0, 0.05) is 17.2 Å². The van der Waals surface area contributed by atoms with Gasteiger partial charge < -0.3 is 4.74 Å². The van der Waals surface area contributed by atoms with Gasteiger partial charge in [0.2, 0.25) is 0 Å². The standard InChI is InChI=1S/C33H37F3O/c1-3-4-5-6-21-37-28-18-20-29(31(34)22-28)25-14-9-24(10-15-25)11-16-27-17-19-30(33(36)32(27)35)26-12-7-23(2)8-13-26/h7-8,12-14,17-20,22,24H,3-6,9-11,15-16,21H2,1-2H3. The molecule has 0 aromatic heterocycles. The number of benzene rings is 3. The second-order valence-corrected chi connectivity index (χ2v) is 10.2. The van der Waals surface area contributed by atoms with Gasteiger partial charge in [-0.25, -0.2) is 13.2 Å². The fraction of sp³-hybridized carbons (Fsp3) is 0.394. The monoisotopic (exact) mass is 506 g/mol. The molecule has 0 amide bonds. The zero-order valence-electron chi connectivity index (χ0n) is 22.0. The van der Waals surface area contributed by atoms with Crippen LogP contribution >= 0.6 is 0 Å². The van der Waals surface area contributed by atoms with E-state index in [1.54, 1.807) is 12.1 Å². The van der Waals surface area contributed by atoms with E-state index in [4.69, 9.17) is 4.74 Å². The van der Waals surface area contributed by atoms with Crippen LogP contribution in [0.3, 0.4) is 0 Å². The lowest BCUT2D eigenvalue weighted by Crippen LogP contribution is -2.08. The van der Waals surface area contributed by atoms with Gasteiger partial charge in [0.1, 0.15) is 11.6 Å². The third-order valence-corrected chi connectivity index (χ3v) is 7.42. The second kappa shape index (κ2) is 13.0. The molecule has 1 atom stereocenters. The van der Waals surface area contributed by atoms with Crippen molar-refractivity contribution in [2.75, 3.05) is 6.61 Å². The van der Waals surface area contributed by atoms with Gasteiger partial charge in [0.25, 0.3) is 0 Å². The molecule has 0 saturated carbocycles. The number of rotatable bonds is 11. The predicted octanol–water partition coefficient (Wildman–Crippen LogP) is 9.85. The van der Waals surface area contributed by atoms with Crippen LogP contribution in [0.5, 0.6) is 5.75 Å². The number of allylic oxidation sites excluding steroid dienone is 2. The van der Waals surface area contributed by atoms with E-state index in [1.165, 1.54) is 18.9 Å². The quantitative estimate of drug-likeness (QED) is 0.235. The SMILES string of the molecule is CCCCCCOc1ccc(C2=CCC(CCc3ccc(-c4ccc(C)cc4)c(F)c3F)CC2)c(F)c1. The van der Waals surface area contributed by atoms with Crippen LogP contribution in [0.1, 0.15) is 75.0 Å². The highest BCUT2D eigenvalue weighted by Gasteiger charge is 2.20. The van der Waals surface area contributed by atoms with E-state index in [1.807, 2.05) is 43.3 Å². The molecule has 1 aliphatic rings. The molecule has 4 heteroatoms. The van der Waals surface area contributed by atoms with Gasteiger partial charge >= 0.3 is 0 Å². The number of aryl methyl sites for hydroxylation is 2. The summed E-state index contributed by atoms with van der Waals surface area (Å²) in [7, 11) is 0. The van der Waals surface area contributed by atoms with Gasteiger partial charge in [-0.2, -0.15) is 0 Å². The summed E-state index contributed by atoms with van der Waals surface area (Å²) in [4.78, 5) is 0. The Kier molecular flexibility index (Phi) is 9.49. The van der Waals surface area contributed by atoms with Gasteiger partial charge in [0.15, 0.2) is 11.6 Å². The molecule has 0 N–H and O–H groups in total. The van der Waals surface area contributed by atoms with Crippen LogP contribution in [0.2, 0.25) is 0 Å². The van der Waals surface area contributed by atoms with Crippen molar-refractivity contribution >= 4 is 5.57 Å². The molecular weight excluding hydrogens is 469 g/mol. The largest absolute Gasteiger partial charge is 0.493 e. The van der Waals surface area contributed by atoms with E-state index >= 15 is 0 Å². The third kappa shape index (κ3) is 7.06. The predicted molar refractivity (Wildman–Crippen MR) is 146 cm³/mol. The van der Waals surface area contributed by atoms with Crippen LogP contribution in [-0.2, 0) is 6.42 Å². The fourth-order valence-electron chi connectivity index (χ4n) is 5.06. The number of unbranched alkanes of at least 4 members (excludes halogenated alkanes) is 3. The molecule has 1 nitrogen and oxygen atoms in total. The first-order chi connectivity index (χ1) is 18.0. The first-order valence-corrected chi connectivity index (χ1v) is 13.6. The lowest BCUT2D eigenvalue weighted by atomic mass is 9.83. The van der Waals surface area contributed by atoms with E-state index in [0.717, 1.165) is 49.7 Å². The molecule has 1 aliphatic carbocycles. The van der Waals surface area contributed by atoms with E-state index in [9.17, 15) is 13.2 Å². The third-order valence-electron chi connectivity index (χ3n) is 7.42. The normalized spacial score (nSPS) is 15.5. The highest BCUT2D eigenvalue weighted by atomic mass is 19.2. The van der Waals surface area contributed by atoms with Crippen LogP contribution in [-0.4, -0.2) is 6.61 Å². The average molecular weight is 507 g/mol. The zero-order valence-corrected chi connectivity index (χ0v) is 22.0. The summed E-state index contributed by atoms with van der Waals surface area (Å²) in [5.41, 5.74) is 4.12. The zero-order chi connectivity index (χ0) is 26.2. The molecule has 1 unspecified atom stereocenters. The minimum atomic E-state index is -0.781. The molecule has 0 fully saturated rings.